The summed E-state index contributed by atoms with van der Waals surface area (Å²) in [6, 6.07) is 1.98. The molecule has 0 saturated heterocycles. The number of hydrogen-bond acceptors (Lipinski definition) is 4. The van der Waals surface area contributed by atoms with Crippen molar-refractivity contribution >= 4 is 24.0 Å². The zero-order valence-corrected chi connectivity index (χ0v) is 12.3. The van der Waals surface area contributed by atoms with Crippen LogP contribution in [0.15, 0.2) is 6.07 Å². The highest BCUT2D eigenvalue weighted by molar-refractivity contribution is 7.14. The average Bonchev–Trinajstić information content (AvgIpc) is 2.72. The lowest BCUT2D eigenvalue weighted by Gasteiger charge is -2.12. The van der Waals surface area contributed by atoms with Crippen LogP contribution in [-0.2, 0) is 17.6 Å². The van der Waals surface area contributed by atoms with Crippen LogP contribution in [0.25, 0.3) is 0 Å². The van der Waals surface area contributed by atoms with E-state index in [0.717, 1.165) is 30.6 Å². The van der Waals surface area contributed by atoms with E-state index in [1.54, 1.807) is 11.3 Å². The molecule has 100 valence electrons. The molecule has 0 aliphatic heterocycles. The van der Waals surface area contributed by atoms with E-state index < -0.39 is 0 Å². The Bertz CT molecular complexity index is 481. The van der Waals surface area contributed by atoms with Crippen LogP contribution in [0.3, 0.4) is 0 Å². The number of rotatable bonds is 3. The SMILES string of the molecule is CCOC(=O)c1cc2c(s1)CCC(B(C)C#N)CC2. The number of aryl methyl sites for hydroxylation is 2. The lowest BCUT2D eigenvalue weighted by atomic mass is 9.42. The van der Waals surface area contributed by atoms with E-state index in [-0.39, 0.29) is 12.7 Å². The van der Waals surface area contributed by atoms with E-state index >= 15 is 0 Å². The van der Waals surface area contributed by atoms with Crippen LogP contribution < -0.4 is 0 Å². The van der Waals surface area contributed by atoms with Gasteiger partial charge in [-0.1, -0.05) is 19.7 Å². The van der Waals surface area contributed by atoms with Crippen molar-refractivity contribution in [3.8, 4) is 5.97 Å². The van der Waals surface area contributed by atoms with E-state index in [4.69, 9.17) is 10.00 Å². The summed E-state index contributed by atoms with van der Waals surface area (Å²) in [5.41, 5.74) is 1.28. The standard InChI is InChI=1S/C14H18BNO2S/c1-3-18-14(17)13-8-10-4-5-11(15(2)9-16)6-7-12(10)19-13/h8,11H,3-7H2,1-2H3. The molecule has 1 aliphatic rings. The summed E-state index contributed by atoms with van der Waals surface area (Å²) < 4.78 is 5.04. The molecular weight excluding hydrogens is 257 g/mol. The molecule has 0 spiro atoms. The van der Waals surface area contributed by atoms with Crippen molar-refractivity contribution in [2.24, 2.45) is 0 Å². The molecule has 1 unspecified atom stereocenters. The minimum Gasteiger partial charge on any atom is -0.462 e. The molecule has 1 aromatic rings. The topological polar surface area (TPSA) is 50.1 Å². The maximum absolute atomic E-state index is 11.7. The fraction of sp³-hybridized carbons (Fsp3) is 0.571. The van der Waals surface area contributed by atoms with Gasteiger partial charge >= 0.3 is 5.97 Å². The summed E-state index contributed by atoms with van der Waals surface area (Å²) in [7, 11) is 0. The monoisotopic (exact) mass is 275 g/mol. The van der Waals surface area contributed by atoms with Crippen molar-refractivity contribution in [1.82, 2.24) is 0 Å². The summed E-state index contributed by atoms with van der Waals surface area (Å²) in [6.45, 7) is 4.38. The van der Waals surface area contributed by atoms with Crippen molar-refractivity contribution in [1.29, 1.82) is 5.26 Å². The highest BCUT2D eigenvalue weighted by Gasteiger charge is 2.26. The lowest BCUT2D eigenvalue weighted by Crippen LogP contribution is -2.15. The first kappa shape index (κ1) is 14.1. The summed E-state index contributed by atoms with van der Waals surface area (Å²) in [4.78, 5) is 13.7. The fourth-order valence-corrected chi connectivity index (χ4v) is 3.72. The molecule has 0 fully saturated rings. The number of fused-ring (bicyclic) bond motifs is 1. The molecule has 5 heteroatoms. The van der Waals surface area contributed by atoms with E-state index in [2.05, 4.69) is 5.97 Å². The Morgan fingerprint density at radius 3 is 3.00 bits per heavy atom. The Morgan fingerprint density at radius 2 is 2.32 bits per heavy atom. The van der Waals surface area contributed by atoms with Gasteiger partial charge in [-0.05, 0) is 37.2 Å². The predicted molar refractivity (Wildman–Crippen MR) is 77.9 cm³/mol. The van der Waals surface area contributed by atoms with Crippen molar-refractivity contribution in [2.75, 3.05) is 6.61 Å². The number of nitriles is 1. The van der Waals surface area contributed by atoms with E-state index in [1.807, 2.05) is 19.8 Å². The second-order valence-electron chi connectivity index (χ2n) is 5.03. The molecule has 0 amide bonds. The molecule has 19 heavy (non-hydrogen) atoms. The number of esters is 1. The molecule has 0 bridgehead atoms. The first-order chi connectivity index (χ1) is 9.15. The first-order valence-electron chi connectivity index (χ1n) is 6.84. The zero-order chi connectivity index (χ0) is 13.8. The normalized spacial score (nSPS) is 18.1. The van der Waals surface area contributed by atoms with Gasteiger partial charge in [-0.25, -0.2) is 10.1 Å². The van der Waals surface area contributed by atoms with Crippen molar-refractivity contribution < 1.29 is 9.53 Å². The van der Waals surface area contributed by atoms with E-state index in [1.165, 1.54) is 10.4 Å². The number of ether oxygens (including phenoxy) is 1. The van der Waals surface area contributed by atoms with Gasteiger partial charge in [-0.2, -0.15) is 0 Å². The van der Waals surface area contributed by atoms with Crippen LogP contribution in [-0.4, -0.2) is 19.3 Å². The molecule has 0 N–H and O–H groups in total. The summed E-state index contributed by atoms with van der Waals surface area (Å²) in [5.74, 6) is 2.63. The van der Waals surface area contributed by atoms with E-state index in [0.29, 0.717) is 12.4 Å². The minimum absolute atomic E-state index is 0.124. The minimum atomic E-state index is -0.206. The van der Waals surface area contributed by atoms with Crippen LogP contribution >= 0.6 is 11.3 Å². The van der Waals surface area contributed by atoms with Crippen molar-refractivity contribution in [2.45, 2.75) is 45.2 Å². The van der Waals surface area contributed by atoms with Gasteiger partial charge < -0.3 is 4.74 Å². The zero-order valence-electron chi connectivity index (χ0n) is 11.4. The Morgan fingerprint density at radius 1 is 1.58 bits per heavy atom. The third-order valence-electron chi connectivity index (χ3n) is 3.81. The maximum atomic E-state index is 11.7. The number of nitrogens with zero attached hydrogens (tertiary/aromatic N) is 1. The number of carbonyl (C=O) groups excluding carboxylic acids is 1. The van der Waals surface area contributed by atoms with Crippen LogP contribution in [0, 0.1) is 11.2 Å². The van der Waals surface area contributed by atoms with Crippen LogP contribution in [0.2, 0.25) is 12.6 Å². The van der Waals surface area contributed by atoms with Gasteiger partial charge in [0.1, 0.15) is 4.88 Å². The quantitative estimate of drug-likeness (QED) is 0.483. The van der Waals surface area contributed by atoms with Crippen molar-refractivity contribution in [3.05, 3.63) is 21.4 Å². The smallest absolute Gasteiger partial charge is 0.348 e. The third-order valence-corrected chi connectivity index (χ3v) is 5.03. The Labute approximate surface area is 118 Å². The van der Waals surface area contributed by atoms with E-state index in [9.17, 15) is 4.79 Å². The Balaban J connectivity index is 2.09. The predicted octanol–water partition coefficient (Wildman–Crippen LogP) is 3.36. The van der Waals surface area contributed by atoms with Gasteiger partial charge in [0.25, 0.3) is 6.71 Å². The average molecular weight is 275 g/mol. The number of thiophene rings is 1. The molecule has 1 aliphatic carbocycles. The second kappa shape index (κ2) is 6.25. The van der Waals surface area contributed by atoms with Crippen molar-refractivity contribution in [3.63, 3.8) is 0 Å². The highest BCUT2D eigenvalue weighted by Crippen LogP contribution is 2.34. The van der Waals surface area contributed by atoms with Crippen LogP contribution in [0.5, 0.6) is 0 Å². The third kappa shape index (κ3) is 3.19. The van der Waals surface area contributed by atoms with Gasteiger partial charge in [0.2, 0.25) is 0 Å². The summed E-state index contributed by atoms with van der Waals surface area (Å²) in [5, 5.41) is 9.01. The Hall–Kier alpha value is -1.28. The fourth-order valence-electron chi connectivity index (χ4n) is 2.60. The van der Waals surface area contributed by atoms with Gasteiger partial charge in [-0.15, -0.1) is 11.3 Å². The molecule has 1 atom stereocenters. The molecule has 3 nitrogen and oxygen atoms in total. The summed E-state index contributed by atoms with van der Waals surface area (Å²) in [6.07, 6.45) is 4.04. The number of carbonyl (C=O) groups is 1. The van der Waals surface area contributed by atoms with Gasteiger partial charge in [0.15, 0.2) is 0 Å². The molecule has 1 aromatic heterocycles. The maximum Gasteiger partial charge on any atom is 0.348 e. The van der Waals surface area contributed by atoms with Gasteiger partial charge in [0.05, 0.1) is 6.61 Å². The first-order valence-corrected chi connectivity index (χ1v) is 7.65. The largest absolute Gasteiger partial charge is 0.462 e. The lowest BCUT2D eigenvalue weighted by molar-refractivity contribution is 0.0532. The molecule has 0 radical (unpaired) electrons. The number of hydrogen-bond donors (Lipinski definition) is 0. The van der Waals surface area contributed by atoms with Gasteiger partial charge in [0, 0.05) is 10.8 Å². The Kier molecular flexibility index (Phi) is 4.65. The molecule has 1 heterocycles. The van der Waals surface area contributed by atoms with Crippen LogP contribution in [0.1, 0.15) is 39.9 Å². The second-order valence-corrected chi connectivity index (χ2v) is 6.17. The molecule has 2 rings (SSSR count). The highest BCUT2D eigenvalue weighted by atomic mass is 32.1. The molecular formula is C14H18BNO2S. The molecule has 0 saturated carbocycles. The summed E-state index contributed by atoms with van der Waals surface area (Å²) >= 11 is 1.56. The van der Waals surface area contributed by atoms with Crippen LogP contribution in [0.4, 0.5) is 0 Å². The molecule has 0 aromatic carbocycles. The van der Waals surface area contributed by atoms with Gasteiger partial charge in [-0.3, -0.25) is 0 Å².